The van der Waals surface area contributed by atoms with Crippen LogP contribution in [0, 0.1) is 0 Å². The van der Waals surface area contributed by atoms with Gasteiger partial charge in [-0.25, -0.2) is 13.4 Å². The number of alkyl halides is 6. The molecule has 3 aromatic heterocycles. The minimum atomic E-state index is -4.73. The molecule has 176 valence electrons. The molecular weight excluding hydrogens is 504 g/mol. The van der Waals surface area contributed by atoms with Gasteiger partial charge in [0.2, 0.25) is 0 Å². The third kappa shape index (κ3) is 5.43. The van der Waals surface area contributed by atoms with Crippen molar-refractivity contribution >= 4 is 27.5 Å². The van der Waals surface area contributed by atoms with E-state index in [4.69, 9.17) is 11.6 Å². The highest BCUT2D eigenvalue weighted by molar-refractivity contribution is 7.89. The zero-order valence-corrected chi connectivity index (χ0v) is 17.3. The number of hydrazine groups is 1. The van der Waals surface area contributed by atoms with Gasteiger partial charge in [-0.05, 0) is 30.3 Å². The van der Waals surface area contributed by atoms with E-state index in [1.54, 1.807) is 10.3 Å². The number of sulfonamides is 1. The summed E-state index contributed by atoms with van der Waals surface area (Å²) >= 11 is 5.85. The van der Waals surface area contributed by atoms with Gasteiger partial charge in [0.1, 0.15) is 5.69 Å². The lowest BCUT2D eigenvalue weighted by atomic mass is 10.2. The Bertz CT molecular complexity index is 1290. The lowest BCUT2D eigenvalue weighted by Gasteiger charge is -2.13. The minimum absolute atomic E-state index is 0.340. The molecule has 0 saturated heterocycles. The first-order valence-corrected chi connectivity index (χ1v) is 10.3. The molecule has 3 aromatic rings. The van der Waals surface area contributed by atoms with Crippen LogP contribution in [0.2, 0.25) is 5.02 Å². The van der Waals surface area contributed by atoms with E-state index in [0.717, 1.165) is 22.9 Å². The van der Waals surface area contributed by atoms with Crippen LogP contribution in [-0.2, 0) is 22.4 Å². The summed E-state index contributed by atoms with van der Waals surface area (Å²) in [4.78, 5) is 20.4. The molecule has 0 aliphatic heterocycles. The van der Waals surface area contributed by atoms with Crippen LogP contribution in [0.1, 0.15) is 21.6 Å². The van der Waals surface area contributed by atoms with Gasteiger partial charge in [-0.2, -0.15) is 26.3 Å². The monoisotopic (exact) mass is 513 g/mol. The van der Waals surface area contributed by atoms with Crippen molar-refractivity contribution in [2.24, 2.45) is 0 Å². The molecule has 0 saturated carbocycles. The highest BCUT2D eigenvalue weighted by atomic mass is 35.5. The Morgan fingerprint density at radius 3 is 2.24 bits per heavy atom. The van der Waals surface area contributed by atoms with E-state index in [2.05, 4.69) is 9.97 Å². The third-order valence-corrected chi connectivity index (χ3v) is 5.51. The van der Waals surface area contributed by atoms with Gasteiger partial charge >= 0.3 is 12.4 Å². The lowest BCUT2D eigenvalue weighted by Crippen LogP contribution is -2.42. The molecule has 0 aromatic carbocycles. The molecule has 0 radical (unpaired) electrons. The third-order valence-electron chi connectivity index (χ3n) is 3.98. The van der Waals surface area contributed by atoms with Crippen LogP contribution < -0.4 is 10.3 Å². The maximum absolute atomic E-state index is 12.8. The zero-order valence-electron chi connectivity index (χ0n) is 15.7. The second-order valence-corrected chi connectivity index (χ2v) is 8.27. The van der Waals surface area contributed by atoms with E-state index in [9.17, 15) is 39.6 Å². The first kappa shape index (κ1) is 24.5. The van der Waals surface area contributed by atoms with E-state index in [0.29, 0.717) is 24.5 Å². The first-order chi connectivity index (χ1) is 15.2. The van der Waals surface area contributed by atoms with Crippen molar-refractivity contribution in [2.45, 2.75) is 17.4 Å². The number of halogens is 7. The number of aromatic nitrogens is 3. The second kappa shape index (κ2) is 8.64. The van der Waals surface area contributed by atoms with E-state index in [1.165, 1.54) is 6.07 Å². The van der Waals surface area contributed by atoms with Crippen LogP contribution in [0.25, 0.3) is 5.82 Å². The van der Waals surface area contributed by atoms with Gasteiger partial charge in [-0.15, -0.1) is 4.83 Å². The van der Waals surface area contributed by atoms with Gasteiger partial charge in [0, 0.05) is 18.6 Å². The smallest absolute Gasteiger partial charge is 0.289 e. The molecule has 0 unspecified atom stereocenters. The molecule has 0 aliphatic rings. The largest absolute Gasteiger partial charge is 0.433 e. The van der Waals surface area contributed by atoms with Gasteiger partial charge in [0.15, 0.2) is 10.8 Å². The van der Waals surface area contributed by atoms with Crippen molar-refractivity contribution in [3.8, 4) is 5.82 Å². The Kier molecular flexibility index (Phi) is 6.41. The number of nitrogens with one attached hydrogen (secondary N) is 2. The molecule has 0 spiro atoms. The maximum Gasteiger partial charge on any atom is 0.433 e. The molecule has 16 heteroatoms. The van der Waals surface area contributed by atoms with Gasteiger partial charge in [-0.3, -0.25) is 19.8 Å². The Hall–Kier alpha value is -3.17. The number of hydrogen-bond acceptors (Lipinski definition) is 5. The van der Waals surface area contributed by atoms with E-state index < -0.39 is 49.6 Å². The van der Waals surface area contributed by atoms with Crippen molar-refractivity contribution < 1.29 is 39.6 Å². The van der Waals surface area contributed by atoms with Crippen LogP contribution >= 0.6 is 11.6 Å². The Morgan fingerprint density at radius 1 is 1.00 bits per heavy atom. The van der Waals surface area contributed by atoms with Crippen LogP contribution in [0.5, 0.6) is 0 Å². The Morgan fingerprint density at radius 2 is 1.70 bits per heavy atom. The lowest BCUT2D eigenvalue weighted by molar-refractivity contribution is -0.141. The molecule has 2 N–H and O–H groups in total. The number of carbonyl (C=O) groups is 1. The van der Waals surface area contributed by atoms with Gasteiger partial charge in [0.05, 0.1) is 16.1 Å². The minimum Gasteiger partial charge on any atom is -0.289 e. The average molecular weight is 514 g/mol. The summed E-state index contributed by atoms with van der Waals surface area (Å²) in [5.74, 6) is -1.46. The average Bonchev–Trinajstić information content (AvgIpc) is 3.21. The summed E-state index contributed by atoms with van der Waals surface area (Å²) in [6.45, 7) is 0. The molecule has 3 heterocycles. The van der Waals surface area contributed by atoms with Crippen molar-refractivity contribution in [2.75, 3.05) is 0 Å². The van der Waals surface area contributed by atoms with Gasteiger partial charge in [-0.1, -0.05) is 11.6 Å². The molecule has 0 atom stereocenters. The van der Waals surface area contributed by atoms with Crippen molar-refractivity contribution in [1.82, 2.24) is 24.8 Å². The van der Waals surface area contributed by atoms with Crippen molar-refractivity contribution in [3.63, 3.8) is 0 Å². The van der Waals surface area contributed by atoms with Crippen molar-refractivity contribution in [1.29, 1.82) is 0 Å². The predicted octanol–water partition coefficient (Wildman–Crippen LogP) is 3.58. The quantitative estimate of drug-likeness (QED) is 0.401. The highest BCUT2D eigenvalue weighted by Crippen LogP contribution is 2.32. The SMILES string of the molecule is O=C(NNS(=O)(=O)c1cccn1-c1ncc(C(F)(F)F)cc1Cl)c1ccc(C(F)(F)F)nc1. The maximum atomic E-state index is 12.8. The molecule has 33 heavy (non-hydrogen) atoms. The van der Waals surface area contributed by atoms with Crippen LogP contribution in [-0.4, -0.2) is 28.9 Å². The molecule has 3 rings (SSSR count). The first-order valence-electron chi connectivity index (χ1n) is 8.46. The number of nitrogens with zero attached hydrogens (tertiary/aromatic N) is 3. The molecule has 0 aliphatic carbocycles. The van der Waals surface area contributed by atoms with Gasteiger partial charge in [0.25, 0.3) is 15.9 Å². The molecule has 0 fully saturated rings. The fraction of sp³-hybridized carbons (Fsp3) is 0.118. The molecular formula is C17H10ClF6N5O3S. The zero-order chi connectivity index (χ0) is 24.6. The number of rotatable bonds is 5. The predicted molar refractivity (Wildman–Crippen MR) is 101 cm³/mol. The molecule has 0 bridgehead atoms. The summed E-state index contributed by atoms with van der Waals surface area (Å²) in [6, 6.07) is 4.16. The normalized spacial score (nSPS) is 12.6. The Labute approximate surface area is 186 Å². The topological polar surface area (TPSA) is 106 Å². The standard InChI is InChI=1S/C17H10ClF6N5O3S/c18-11-6-10(16(19,20)21)8-26-14(11)29-5-1-2-13(29)33(31,32)28-27-15(30)9-3-4-12(25-7-9)17(22,23)24/h1-8,28H,(H,27,30). The van der Waals surface area contributed by atoms with E-state index in [1.807, 2.05) is 0 Å². The van der Waals surface area contributed by atoms with Crippen LogP contribution in [0.3, 0.4) is 0 Å². The molecule has 8 nitrogen and oxygen atoms in total. The van der Waals surface area contributed by atoms with Gasteiger partial charge < -0.3 is 0 Å². The fourth-order valence-electron chi connectivity index (χ4n) is 2.46. The highest BCUT2D eigenvalue weighted by Gasteiger charge is 2.33. The summed E-state index contributed by atoms with van der Waals surface area (Å²) in [5.41, 5.74) is -0.988. The van der Waals surface area contributed by atoms with E-state index in [-0.39, 0.29) is 11.4 Å². The summed E-state index contributed by atoms with van der Waals surface area (Å²) in [5, 5.41) is -1.06. The second-order valence-electron chi connectivity index (χ2n) is 6.23. The fourth-order valence-corrected chi connectivity index (χ4v) is 3.71. The number of carbonyl (C=O) groups excluding carboxylic acids is 1. The number of amides is 1. The van der Waals surface area contributed by atoms with Crippen LogP contribution in [0.15, 0.2) is 53.9 Å². The number of hydrogen-bond donors (Lipinski definition) is 2. The summed E-state index contributed by atoms with van der Waals surface area (Å²) < 4.78 is 102. The van der Waals surface area contributed by atoms with E-state index >= 15 is 0 Å². The Balaban J connectivity index is 1.80. The molecule has 1 amide bonds. The summed E-state index contributed by atoms with van der Waals surface area (Å²) in [7, 11) is -4.53. The summed E-state index contributed by atoms with van der Waals surface area (Å²) in [6.07, 6.45) is -7.24. The number of pyridine rings is 2. The van der Waals surface area contributed by atoms with Crippen molar-refractivity contribution in [3.05, 3.63) is 70.8 Å². The van der Waals surface area contributed by atoms with Crippen LogP contribution in [0.4, 0.5) is 26.3 Å².